The van der Waals surface area contributed by atoms with Crippen molar-refractivity contribution in [1.82, 2.24) is 14.5 Å². The van der Waals surface area contributed by atoms with Crippen molar-refractivity contribution in [3.05, 3.63) is 52.7 Å². The zero-order chi connectivity index (χ0) is 15.1. The van der Waals surface area contributed by atoms with Crippen LogP contribution in [0, 0.1) is 12.7 Å². The smallest absolute Gasteiger partial charge is 0.164 e. The number of pyridine rings is 1. The highest BCUT2D eigenvalue weighted by Gasteiger charge is 2.19. The van der Waals surface area contributed by atoms with E-state index in [4.69, 9.17) is 23.2 Å². The van der Waals surface area contributed by atoms with Crippen LogP contribution in [-0.2, 0) is 0 Å². The van der Waals surface area contributed by atoms with Gasteiger partial charge < -0.3 is 0 Å². The number of nitrogens with zero attached hydrogens (tertiary/aromatic N) is 3. The minimum atomic E-state index is -0.391. The van der Waals surface area contributed by atoms with Crippen LogP contribution in [0.3, 0.4) is 0 Å². The average molecular weight is 324 g/mol. The lowest BCUT2D eigenvalue weighted by atomic mass is 10.3. The number of hydrogen-bond donors (Lipinski definition) is 0. The molecule has 0 aliphatic rings. The van der Waals surface area contributed by atoms with Crippen LogP contribution in [0.4, 0.5) is 4.39 Å². The van der Waals surface area contributed by atoms with Gasteiger partial charge in [-0.1, -0.05) is 11.6 Å². The summed E-state index contributed by atoms with van der Waals surface area (Å²) in [5, 5.41) is -0.0455. The molecule has 0 aliphatic carbocycles. The Balaban J connectivity index is 2.36. The highest BCUT2D eigenvalue weighted by molar-refractivity contribution is 6.32. The van der Waals surface area contributed by atoms with Crippen molar-refractivity contribution >= 4 is 34.4 Å². The average Bonchev–Trinajstić information content (AvgIpc) is 2.77. The first-order valence-electron chi connectivity index (χ1n) is 6.42. The van der Waals surface area contributed by atoms with Crippen molar-refractivity contribution in [1.29, 1.82) is 0 Å². The molecular formula is C15H12Cl2FN3. The SMILES string of the molecule is Cc1cnc2c(c1)nc(C(C)Cl)n2-c1ccc(F)cc1Cl. The zero-order valence-electron chi connectivity index (χ0n) is 11.4. The third-order valence-corrected chi connectivity index (χ3v) is 3.66. The quantitative estimate of drug-likeness (QED) is 0.633. The summed E-state index contributed by atoms with van der Waals surface area (Å²) in [5.74, 6) is 0.232. The monoisotopic (exact) mass is 323 g/mol. The molecule has 0 bridgehead atoms. The van der Waals surface area contributed by atoms with Crippen molar-refractivity contribution in [2.75, 3.05) is 0 Å². The van der Waals surface area contributed by atoms with Gasteiger partial charge in [0.2, 0.25) is 0 Å². The molecule has 1 aromatic carbocycles. The van der Waals surface area contributed by atoms with E-state index in [-0.39, 0.29) is 10.4 Å². The van der Waals surface area contributed by atoms with E-state index in [1.807, 2.05) is 19.9 Å². The van der Waals surface area contributed by atoms with Gasteiger partial charge in [0, 0.05) is 6.20 Å². The van der Waals surface area contributed by atoms with E-state index in [1.54, 1.807) is 16.8 Å². The lowest BCUT2D eigenvalue weighted by Gasteiger charge is -2.11. The van der Waals surface area contributed by atoms with Crippen LogP contribution in [0.15, 0.2) is 30.5 Å². The van der Waals surface area contributed by atoms with Crippen LogP contribution in [-0.4, -0.2) is 14.5 Å². The van der Waals surface area contributed by atoms with E-state index in [9.17, 15) is 4.39 Å². The second kappa shape index (κ2) is 5.28. The normalized spacial score (nSPS) is 12.8. The Labute approximate surface area is 131 Å². The van der Waals surface area contributed by atoms with Gasteiger partial charge >= 0.3 is 0 Å². The third-order valence-electron chi connectivity index (χ3n) is 3.17. The van der Waals surface area contributed by atoms with Gasteiger partial charge in [0.15, 0.2) is 5.65 Å². The predicted molar refractivity (Wildman–Crippen MR) is 82.8 cm³/mol. The first kappa shape index (κ1) is 14.3. The maximum absolute atomic E-state index is 13.3. The van der Waals surface area contributed by atoms with Crippen molar-refractivity contribution < 1.29 is 4.39 Å². The molecule has 1 atom stereocenters. The summed E-state index contributed by atoms with van der Waals surface area (Å²) in [6.07, 6.45) is 1.75. The van der Waals surface area contributed by atoms with Crippen LogP contribution < -0.4 is 0 Å². The summed E-state index contributed by atoms with van der Waals surface area (Å²) < 4.78 is 15.0. The molecule has 3 nitrogen and oxygen atoms in total. The molecule has 0 amide bonds. The molecule has 0 fully saturated rings. The topological polar surface area (TPSA) is 30.7 Å². The lowest BCUT2D eigenvalue weighted by molar-refractivity contribution is 0.627. The number of halogens is 3. The fraction of sp³-hybridized carbons (Fsp3) is 0.200. The fourth-order valence-corrected chi connectivity index (χ4v) is 2.65. The van der Waals surface area contributed by atoms with Crippen molar-refractivity contribution in [3.63, 3.8) is 0 Å². The fourth-order valence-electron chi connectivity index (χ4n) is 2.25. The molecule has 2 aromatic heterocycles. The van der Waals surface area contributed by atoms with Gasteiger partial charge in [-0.25, -0.2) is 14.4 Å². The van der Waals surface area contributed by atoms with Gasteiger partial charge in [-0.15, -0.1) is 11.6 Å². The van der Waals surface area contributed by atoms with Crippen molar-refractivity contribution in [3.8, 4) is 5.69 Å². The van der Waals surface area contributed by atoms with Crippen LogP contribution >= 0.6 is 23.2 Å². The largest absolute Gasteiger partial charge is 0.278 e. The second-order valence-electron chi connectivity index (χ2n) is 4.87. The van der Waals surface area contributed by atoms with E-state index in [0.29, 0.717) is 17.2 Å². The molecule has 3 aromatic rings. The van der Waals surface area contributed by atoms with Crippen molar-refractivity contribution in [2.45, 2.75) is 19.2 Å². The minimum absolute atomic E-state index is 0.287. The van der Waals surface area contributed by atoms with Gasteiger partial charge in [0.25, 0.3) is 0 Å². The number of imidazole rings is 1. The third kappa shape index (κ3) is 2.49. The molecule has 0 aliphatic heterocycles. The number of hydrogen-bond acceptors (Lipinski definition) is 2. The van der Waals surface area contributed by atoms with E-state index >= 15 is 0 Å². The molecule has 0 radical (unpaired) electrons. The Hall–Kier alpha value is -1.65. The Bertz CT molecular complexity index is 827. The van der Waals surface area contributed by atoms with E-state index in [1.165, 1.54) is 12.1 Å². The van der Waals surface area contributed by atoms with Gasteiger partial charge in [-0.05, 0) is 43.7 Å². The molecule has 108 valence electrons. The van der Waals surface area contributed by atoms with Crippen LogP contribution in [0.1, 0.15) is 23.7 Å². The number of fused-ring (bicyclic) bond motifs is 1. The Morgan fingerprint density at radius 1 is 1.29 bits per heavy atom. The van der Waals surface area contributed by atoms with E-state index in [2.05, 4.69) is 9.97 Å². The summed E-state index contributed by atoms with van der Waals surface area (Å²) in [4.78, 5) is 8.94. The zero-order valence-corrected chi connectivity index (χ0v) is 13.0. The van der Waals surface area contributed by atoms with Crippen LogP contribution in [0.2, 0.25) is 5.02 Å². The first-order chi connectivity index (χ1) is 9.97. The Morgan fingerprint density at radius 2 is 2.05 bits per heavy atom. The summed E-state index contributed by atoms with van der Waals surface area (Å²) in [7, 11) is 0. The number of alkyl halides is 1. The molecular weight excluding hydrogens is 312 g/mol. The molecule has 0 spiro atoms. The first-order valence-corrected chi connectivity index (χ1v) is 7.23. The van der Waals surface area contributed by atoms with Crippen molar-refractivity contribution in [2.24, 2.45) is 0 Å². The summed E-state index contributed by atoms with van der Waals surface area (Å²) >= 11 is 12.4. The molecule has 3 rings (SSSR count). The molecule has 0 saturated heterocycles. The maximum Gasteiger partial charge on any atom is 0.164 e. The van der Waals surface area contributed by atoms with Gasteiger partial charge in [0.05, 0.1) is 16.1 Å². The van der Waals surface area contributed by atoms with E-state index in [0.717, 1.165) is 11.1 Å². The molecule has 2 heterocycles. The number of rotatable bonds is 2. The van der Waals surface area contributed by atoms with Crippen LogP contribution in [0.5, 0.6) is 0 Å². The summed E-state index contributed by atoms with van der Waals surface area (Å²) in [6.45, 7) is 3.77. The van der Waals surface area contributed by atoms with Gasteiger partial charge in [-0.3, -0.25) is 4.57 Å². The molecule has 0 N–H and O–H groups in total. The highest BCUT2D eigenvalue weighted by Crippen LogP contribution is 2.31. The number of benzene rings is 1. The second-order valence-corrected chi connectivity index (χ2v) is 5.93. The van der Waals surface area contributed by atoms with Gasteiger partial charge in [-0.2, -0.15) is 0 Å². The van der Waals surface area contributed by atoms with E-state index < -0.39 is 5.82 Å². The molecule has 1 unspecified atom stereocenters. The Kier molecular flexibility index (Phi) is 3.59. The van der Waals surface area contributed by atoms with Gasteiger partial charge in [0.1, 0.15) is 17.2 Å². The number of aromatic nitrogens is 3. The number of aryl methyl sites for hydroxylation is 1. The molecule has 0 saturated carbocycles. The highest BCUT2D eigenvalue weighted by atomic mass is 35.5. The molecule has 21 heavy (non-hydrogen) atoms. The summed E-state index contributed by atoms with van der Waals surface area (Å²) in [5.41, 5.74) is 3.00. The predicted octanol–water partition coefficient (Wildman–Crippen LogP) is 4.82. The van der Waals surface area contributed by atoms with Crippen LogP contribution in [0.25, 0.3) is 16.9 Å². The Morgan fingerprint density at radius 3 is 2.71 bits per heavy atom. The minimum Gasteiger partial charge on any atom is -0.278 e. The molecule has 6 heteroatoms. The standard InChI is InChI=1S/C15H12Cl2FN3/c1-8-5-12-15(19-7-8)21(14(20-12)9(2)16)13-4-3-10(18)6-11(13)17/h3-7,9H,1-2H3. The lowest BCUT2D eigenvalue weighted by Crippen LogP contribution is -2.03. The maximum atomic E-state index is 13.3. The summed E-state index contributed by atoms with van der Waals surface area (Å²) in [6, 6.07) is 6.14.